The van der Waals surface area contributed by atoms with Crippen LogP contribution in [0.5, 0.6) is 0 Å². The number of nitrogens with one attached hydrogen (secondary N) is 1. The van der Waals surface area contributed by atoms with E-state index in [0.717, 1.165) is 38.2 Å². The minimum absolute atomic E-state index is 0.661. The Hall–Kier alpha value is -2.27. The second kappa shape index (κ2) is 9.04. The minimum atomic E-state index is 0.661. The molecule has 2 aromatic carbocycles. The molecule has 0 atom stereocenters. The van der Waals surface area contributed by atoms with Crippen molar-refractivity contribution in [2.75, 3.05) is 6.54 Å². The van der Waals surface area contributed by atoms with Gasteiger partial charge in [-0.25, -0.2) is 4.98 Å². The van der Waals surface area contributed by atoms with Crippen LogP contribution in [0.3, 0.4) is 0 Å². The molecule has 4 rings (SSSR count). The molecule has 6 heteroatoms. The minimum Gasteiger partial charge on any atom is -0.340 e. The zero-order valence-corrected chi connectivity index (χ0v) is 17.9. The van der Waals surface area contributed by atoms with E-state index in [-0.39, 0.29) is 0 Å². The number of hydrogen-bond acceptors (Lipinski definition) is 2. The largest absolute Gasteiger partial charge is 0.340 e. The molecule has 0 aliphatic carbocycles. The number of halogens is 2. The average Bonchev–Trinajstić information content (AvgIpc) is 3.32. The summed E-state index contributed by atoms with van der Waals surface area (Å²) in [6, 6.07) is 14.3. The fourth-order valence-electron chi connectivity index (χ4n) is 3.77. The van der Waals surface area contributed by atoms with Crippen LogP contribution in [-0.4, -0.2) is 20.7 Å². The van der Waals surface area contributed by atoms with Crippen LogP contribution < -0.4 is 5.32 Å². The van der Waals surface area contributed by atoms with E-state index in [1.165, 1.54) is 22.2 Å². The van der Waals surface area contributed by atoms with E-state index in [1.807, 2.05) is 36.9 Å². The molecule has 0 spiro atoms. The SMILES string of the molecule is Cc1c(CNCCCn2ccnc2)c2ccccc2n1Cc1ccc(Cl)cc1Cl. The van der Waals surface area contributed by atoms with Crippen molar-refractivity contribution < 1.29 is 0 Å². The van der Waals surface area contributed by atoms with Gasteiger partial charge in [0.2, 0.25) is 0 Å². The van der Waals surface area contributed by atoms with Gasteiger partial charge >= 0.3 is 0 Å². The van der Waals surface area contributed by atoms with Crippen LogP contribution in [0.1, 0.15) is 23.2 Å². The first-order chi connectivity index (χ1) is 14.1. The lowest BCUT2D eigenvalue weighted by molar-refractivity contribution is 0.580. The maximum Gasteiger partial charge on any atom is 0.0945 e. The lowest BCUT2D eigenvalue weighted by Crippen LogP contribution is -2.17. The maximum atomic E-state index is 6.43. The Morgan fingerprint density at radius 3 is 2.76 bits per heavy atom. The van der Waals surface area contributed by atoms with Crippen molar-refractivity contribution in [3.63, 3.8) is 0 Å². The molecule has 29 heavy (non-hydrogen) atoms. The van der Waals surface area contributed by atoms with E-state index in [9.17, 15) is 0 Å². The van der Waals surface area contributed by atoms with Crippen LogP contribution in [-0.2, 0) is 19.6 Å². The van der Waals surface area contributed by atoms with Crippen molar-refractivity contribution in [2.45, 2.75) is 33.0 Å². The van der Waals surface area contributed by atoms with E-state index >= 15 is 0 Å². The van der Waals surface area contributed by atoms with E-state index in [4.69, 9.17) is 23.2 Å². The number of imidazole rings is 1. The Morgan fingerprint density at radius 1 is 1.10 bits per heavy atom. The summed E-state index contributed by atoms with van der Waals surface area (Å²) in [4.78, 5) is 4.09. The summed E-state index contributed by atoms with van der Waals surface area (Å²) in [6.07, 6.45) is 6.74. The van der Waals surface area contributed by atoms with Gasteiger partial charge in [0.1, 0.15) is 0 Å². The smallest absolute Gasteiger partial charge is 0.0945 e. The van der Waals surface area contributed by atoms with Gasteiger partial charge in [0.15, 0.2) is 0 Å². The van der Waals surface area contributed by atoms with Crippen LogP contribution in [0.15, 0.2) is 61.2 Å². The predicted molar refractivity (Wildman–Crippen MR) is 121 cm³/mol. The Bertz CT molecular complexity index is 1100. The molecule has 150 valence electrons. The van der Waals surface area contributed by atoms with Crippen molar-refractivity contribution in [1.82, 2.24) is 19.4 Å². The van der Waals surface area contributed by atoms with Gasteiger partial charge < -0.3 is 14.5 Å². The van der Waals surface area contributed by atoms with Gasteiger partial charge in [-0.1, -0.05) is 47.5 Å². The van der Waals surface area contributed by atoms with Crippen LogP contribution in [0.25, 0.3) is 10.9 Å². The van der Waals surface area contributed by atoms with Crippen molar-refractivity contribution >= 4 is 34.1 Å². The van der Waals surface area contributed by atoms with E-state index in [0.29, 0.717) is 10.0 Å². The van der Waals surface area contributed by atoms with E-state index in [2.05, 4.69) is 50.6 Å². The third-order valence-corrected chi connectivity index (χ3v) is 5.92. The van der Waals surface area contributed by atoms with Crippen LogP contribution in [0, 0.1) is 6.92 Å². The van der Waals surface area contributed by atoms with Crippen LogP contribution in [0.2, 0.25) is 10.0 Å². The molecule has 0 saturated carbocycles. The Kier molecular flexibility index (Phi) is 6.24. The Balaban J connectivity index is 1.51. The number of aromatic nitrogens is 3. The molecule has 0 bridgehead atoms. The van der Waals surface area contributed by atoms with Gasteiger partial charge in [-0.3, -0.25) is 0 Å². The highest BCUT2D eigenvalue weighted by Gasteiger charge is 2.14. The summed E-state index contributed by atoms with van der Waals surface area (Å²) < 4.78 is 4.45. The monoisotopic (exact) mass is 426 g/mol. The standard InChI is InChI=1S/C23H24Cl2N4/c1-17-21(14-26-9-4-11-28-12-10-27-16-28)20-5-2-3-6-23(20)29(17)15-18-7-8-19(24)13-22(18)25/h2-3,5-8,10,12-13,16,26H,4,9,11,14-15H2,1H3. The molecular weight excluding hydrogens is 403 g/mol. The molecule has 4 aromatic rings. The van der Waals surface area contributed by atoms with Gasteiger partial charge in [0, 0.05) is 58.7 Å². The molecule has 0 amide bonds. The highest BCUT2D eigenvalue weighted by Crippen LogP contribution is 2.29. The molecule has 0 unspecified atom stereocenters. The summed E-state index contributed by atoms with van der Waals surface area (Å²) in [7, 11) is 0. The molecule has 0 saturated heterocycles. The highest BCUT2D eigenvalue weighted by molar-refractivity contribution is 6.35. The van der Waals surface area contributed by atoms with E-state index in [1.54, 1.807) is 0 Å². The van der Waals surface area contributed by atoms with Gasteiger partial charge in [0.05, 0.1) is 6.33 Å². The number of para-hydroxylation sites is 1. The topological polar surface area (TPSA) is 34.8 Å². The first-order valence-corrected chi connectivity index (χ1v) is 10.6. The highest BCUT2D eigenvalue weighted by atomic mass is 35.5. The fourth-order valence-corrected chi connectivity index (χ4v) is 4.24. The quantitative estimate of drug-likeness (QED) is 0.367. The number of rotatable bonds is 8. The average molecular weight is 427 g/mol. The van der Waals surface area contributed by atoms with Crippen LogP contribution in [0.4, 0.5) is 0 Å². The van der Waals surface area contributed by atoms with Gasteiger partial charge in [-0.05, 0) is 49.2 Å². The molecule has 1 N–H and O–H groups in total. The van der Waals surface area contributed by atoms with Gasteiger partial charge in [-0.2, -0.15) is 0 Å². The number of fused-ring (bicyclic) bond motifs is 1. The fraction of sp³-hybridized carbons (Fsp3) is 0.261. The number of aryl methyl sites for hydroxylation is 1. The van der Waals surface area contributed by atoms with E-state index < -0.39 is 0 Å². The molecule has 0 radical (unpaired) electrons. The summed E-state index contributed by atoms with van der Waals surface area (Å²) in [5.41, 5.74) is 4.90. The first kappa shape index (κ1) is 20.0. The van der Waals surface area contributed by atoms with Crippen molar-refractivity contribution in [1.29, 1.82) is 0 Å². The van der Waals surface area contributed by atoms with Gasteiger partial charge in [0.25, 0.3) is 0 Å². The van der Waals surface area contributed by atoms with Crippen molar-refractivity contribution in [3.8, 4) is 0 Å². The summed E-state index contributed by atoms with van der Waals surface area (Å²) >= 11 is 12.5. The summed E-state index contributed by atoms with van der Waals surface area (Å²) in [6.45, 7) is 5.69. The molecule has 2 heterocycles. The lowest BCUT2D eigenvalue weighted by atomic mass is 10.1. The molecule has 4 nitrogen and oxygen atoms in total. The molecular formula is C23H24Cl2N4. The molecule has 0 fully saturated rings. The lowest BCUT2D eigenvalue weighted by Gasteiger charge is -2.11. The number of nitrogens with zero attached hydrogens (tertiary/aromatic N) is 3. The zero-order valence-electron chi connectivity index (χ0n) is 16.4. The predicted octanol–water partition coefficient (Wildman–Crippen LogP) is 5.68. The second-order valence-corrected chi connectivity index (χ2v) is 8.08. The Morgan fingerprint density at radius 2 is 1.97 bits per heavy atom. The summed E-state index contributed by atoms with van der Waals surface area (Å²) in [5.74, 6) is 0. The molecule has 2 aromatic heterocycles. The normalized spacial score (nSPS) is 11.4. The first-order valence-electron chi connectivity index (χ1n) is 9.80. The molecule has 0 aliphatic heterocycles. The Labute approximate surface area is 181 Å². The summed E-state index contributed by atoms with van der Waals surface area (Å²) in [5, 5.41) is 6.25. The zero-order chi connectivity index (χ0) is 20.2. The molecule has 0 aliphatic rings. The number of hydrogen-bond donors (Lipinski definition) is 1. The third kappa shape index (κ3) is 4.50. The van der Waals surface area contributed by atoms with Crippen LogP contribution >= 0.6 is 23.2 Å². The van der Waals surface area contributed by atoms with Gasteiger partial charge in [-0.15, -0.1) is 0 Å². The van der Waals surface area contributed by atoms with Crippen molar-refractivity contribution in [2.24, 2.45) is 0 Å². The number of benzene rings is 2. The second-order valence-electron chi connectivity index (χ2n) is 7.23. The maximum absolute atomic E-state index is 6.43. The third-order valence-electron chi connectivity index (χ3n) is 5.34. The van der Waals surface area contributed by atoms with Crippen molar-refractivity contribution in [3.05, 3.63) is 88.1 Å².